The monoisotopic (exact) mass is 277 g/mol. The summed E-state index contributed by atoms with van der Waals surface area (Å²) >= 11 is 1.98. The van der Waals surface area contributed by atoms with Crippen LogP contribution in [0.5, 0.6) is 0 Å². The molecule has 0 saturated carbocycles. The molecule has 2 rings (SSSR count). The molecule has 0 radical (unpaired) electrons. The quantitative estimate of drug-likeness (QED) is 0.667. The summed E-state index contributed by atoms with van der Waals surface area (Å²) in [4.78, 5) is 6.77. The maximum absolute atomic E-state index is 6.09. The topological polar surface area (TPSA) is 41.6 Å². The zero-order chi connectivity index (χ0) is 13.8. The molecule has 0 amide bonds. The number of nitrogens with two attached hydrogens (primary N) is 1. The van der Waals surface area contributed by atoms with Crippen molar-refractivity contribution in [1.29, 1.82) is 0 Å². The number of aryl methyl sites for hydroxylation is 3. The first-order valence-corrected chi connectivity index (χ1v) is 7.92. The van der Waals surface area contributed by atoms with Crippen molar-refractivity contribution in [2.75, 3.05) is 24.6 Å². The largest absolute Gasteiger partial charge is 0.370 e. The Hall–Kier alpha value is -1.16. The van der Waals surface area contributed by atoms with Crippen LogP contribution in [0.3, 0.4) is 0 Å². The van der Waals surface area contributed by atoms with Crippen LogP contribution in [-0.2, 0) is 6.54 Å². The number of hydrogen-bond donors (Lipinski definition) is 1. The van der Waals surface area contributed by atoms with E-state index in [-0.39, 0.29) is 0 Å². The number of hydrogen-bond acceptors (Lipinski definition) is 2. The van der Waals surface area contributed by atoms with Gasteiger partial charge in [-0.15, -0.1) is 0 Å². The number of aliphatic imine (C=N–C) groups is 1. The average Bonchev–Trinajstić information content (AvgIpc) is 2.38. The first-order chi connectivity index (χ1) is 9.08. The molecule has 3 nitrogen and oxygen atoms in total. The van der Waals surface area contributed by atoms with Crippen molar-refractivity contribution in [2.45, 2.75) is 27.3 Å². The second kappa shape index (κ2) is 6.33. The van der Waals surface area contributed by atoms with Gasteiger partial charge in [0.2, 0.25) is 0 Å². The molecule has 0 aromatic heterocycles. The highest BCUT2D eigenvalue weighted by Crippen LogP contribution is 2.17. The van der Waals surface area contributed by atoms with Crippen LogP contribution in [0.2, 0.25) is 0 Å². The normalized spacial score (nSPS) is 16.8. The number of rotatable bonds is 2. The van der Waals surface area contributed by atoms with Gasteiger partial charge < -0.3 is 10.6 Å². The number of benzene rings is 1. The lowest BCUT2D eigenvalue weighted by atomic mass is 10.00. The standard InChI is InChI=1S/C15H23N3S/c1-11-8-12(2)14(13(3)9-11)10-17-15(16)18-4-6-19-7-5-18/h8-9H,4-7,10H2,1-3H3,(H2,16,17). The van der Waals surface area contributed by atoms with E-state index < -0.39 is 0 Å². The fraction of sp³-hybridized carbons (Fsp3) is 0.533. The molecule has 1 saturated heterocycles. The molecule has 1 fully saturated rings. The highest BCUT2D eigenvalue weighted by atomic mass is 32.2. The molecule has 1 aliphatic rings. The fourth-order valence-electron chi connectivity index (χ4n) is 2.51. The second-order valence-corrected chi connectivity index (χ2v) is 6.38. The molecule has 19 heavy (non-hydrogen) atoms. The van der Waals surface area contributed by atoms with Gasteiger partial charge in [-0.25, -0.2) is 4.99 Å². The molecule has 0 atom stereocenters. The SMILES string of the molecule is Cc1cc(C)c(CN=C(N)N2CCSCC2)c(C)c1. The first kappa shape index (κ1) is 14.3. The van der Waals surface area contributed by atoms with E-state index in [1.807, 2.05) is 11.8 Å². The summed E-state index contributed by atoms with van der Waals surface area (Å²) < 4.78 is 0. The van der Waals surface area contributed by atoms with Crippen LogP contribution in [0.4, 0.5) is 0 Å². The summed E-state index contributed by atoms with van der Waals surface area (Å²) in [7, 11) is 0. The molecule has 0 unspecified atom stereocenters. The molecule has 2 N–H and O–H groups in total. The Labute approximate surface area is 120 Å². The lowest BCUT2D eigenvalue weighted by molar-refractivity contribution is 0.455. The van der Waals surface area contributed by atoms with Gasteiger partial charge in [-0.1, -0.05) is 17.7 Å². The van der Waals surface area contributed by atoms with Crippen molar-refractivity contribution >= 4 is 17.7 Å². The summed E-state index contributed by atoms with van der Waals surface area (Å²) in [5.41, 5.74) is 11.3. The van der Waals surface area contributed by atoms with Gasteiger partial charge >= 0.3 is 0 Å². The van der Waals surface area contributed by atoms with E-state index in [2.05, 4.69) is 42.8 Å². The van der Waals surface area contributed by atoms with Crippen LogP contribution in [-0.4, -0.2) is 35.5 Å². The number of nitrogens with zero attached hydrogens (tertiary/aromatic N) is 2. The van der Waals surface area contributed by atoms with Gasteiger partial charge in [-0.2, -0.15) is 11.8 Å². The summed E-state index contributed by atoms with van der Waals surface area (Å²) in [5, 5.41) is 0. The van der Waals surface area contributed by atoms with Gasteiger partial charge in [0.25, 0.3) is 0 Å². The smallest absolute Gasteiger partial charge is 0.191 e. The highest BCUT2D eigenvalue weighted by Gasteiger charge is 2.12. The van der Waals surface area contributed by atoms with E-state index in [0.717, 1.165) is 24.6 Å². The van der Waals surface area contributed by atoms with Crippen LogP contribution in [0.15, 0.2) is 17.1 Å². The Morgan fingerprint density at radius 1 is 1.21 bits per heavy atom. The lowest BCUT2D eigenvalue weighted by Crippen LogP contribution is -2.42. The second-order valence-electron chi connectivity index (χ2n) is 5.15. The Morgan fingerprint density at radius 2 is 1.79 bits per heavy atom. The van der Waals surface area contributed by atoms with Crippen molar-refractivity contribution in [3.8, 4) is 0 Å². The van der Waals surface area contributed by atoms with E-state index in [1.165, 1.54) is 22.3 Å². The van der Waals surface area contributed by atoms with Gasteiger partial charge in [0, 0.05) is 24.6 Å². The van der Waals surface area contributed by atoms with Gasteiger partial charge in [-0.05, 0) is 37.5 Å². The number of thioether (sulfide) groups is 1. The molecule has 0 aliphatic carbocycles. The molecule has 1 aliphatic heterocycles. The molecule has 0 spiro atoms. The Kier molecular flexibility index (Phi) is 4.75. The van der Waals surface area contributed by atoms with E-state index in [9.17, 15) is 0 Å². The van der Waals surface area contributed by atoms with Crippen LogP contribution in [0.1, 0.15) is 22.3 Å². The van der Waals surface area contributed by atoms with Crippen molar-refractivity contribution < 1.29 is 0 Å². The van der Waals surface area contributed by atoms with Gasteiger partial charge in [0.1, 0.15) is 0 Å². The van der Waals surface area contributed by atoms with Crippen molar-refractivity contribution in [2.24, 2.45) is 10.7 Å². The van der Waals surface area contributed by atoms with E-state index in [0.29, 0.717) is 12.5 Å². The molecular formula is C15H23N3S. The molecule has 1 aromatic rings. The van der Waals surface area contributed by atoms with Crippen molar-refractivity contribution in [3.63, 3.8) is 0 Å². The lowest BCUT2D eigenvalue weighted by Gasteiger charge is -2.27. The van der Waals surface area contributed by atoms with Crippen LogP contribution < -0.4 is 5.73 Å². The van der Waals surface area contributed by atoms with Crippen molar-refractivity contribution in [3.05, 3.63) is 34.4 Å². The third-order valence-electron chi connectivity index (χ3n) is 3.57. The fourth-order valence-corrected chi connectivity index (χ4v) is 3.41. The first-order valence-electron chi connectivity index (χ1n) is 6.77. The predicted molar refractivity (Wildman–Crippen MR) is 84.9 cm³/mol. The minimum Gasteiger partial charge on any atom is -0.370 e. The summed E-state index contributed by atoms with van der Waals surface area (Å²) in [6.45, 7) is 9.16. The number of guanidine groups is 1. The van der Waals surface area contributed by atoms with E-state index in [4.69, 9.17) is 5.73 Å². The third-order valence-corrected chi connectivity index (χ3v) is 4.52. The Balaban J connectivity index is 2.08. The van der Waals surface area contributed by atoms with E-state index >= 15 is 0 Å². The molecular weight excluding hydrogens is 254 g/mol. The predicted octanol–water partition coefficient (Wildman–Crippen LogP) is 2.48. The summed E-state index contributed by atoms with van der Waals surface area (Å²) in [6.07, 6.45) is 0. The zero-order valence-corrected chi connectivity index (χ0v) is 12.9. The Morgan fingerprint density at radius 3 is 2.37 bits per heavy atom. The van der Waals surface area contributed by atoms with Crippen LogP contribution in [0.25, 0.3) is 0 Å². The summed E-state index contributed by atoms with van der Waals surface area (Å²) in [6, 6.07) is 4.43. The molecule has 0 bridgehead atoms. The zero-order valence-electron chi connectivity index (χ0n) is 12.1. The molecule has 4 heteroatoms. The molecule has 104 valence electrons. The van der Waals surface area contributed by atoms with Crippen LogP contribution >= 0.6 is 11.8 Å². The minimum absolute atomic E-state index is 0.688. The van der Waals surface area contributed by atoms with Gasteiger partial charge in [0.05, 0.1) is 6.54 Å². The Bertz CT molecular complexity index is 453. The molecule has 1 aromatic carbocycles. The molecule has 1 heterocycles. The van der Waals surface area contributed by atoms with Gasteiger partial charge in [0.15, 0.2) is 5.96 Å². The van der Waals surface area contributed by atoms with Crippen LogP contribution in [0, 0.1) is 20.8 Å². The third kappa shape index (κ3) is 3.66. The van der Waals surface area contributed by atoms with Gasteiger partial charge in [-0.3, -0.25) is 0 Å². The summed E-state index contributed by atoms with van der Waals surface area (Å²) in [5.74, 6) is 3.00. The minimum atomic E-state index is 0.688. The average molecular weight is 277 g/mol. The highest BCUT2D eigenvalue weighted by molar-refractivity contribution is 7.99. The van der Waals surface area contributed by atoms with E-state index in [1.54, 1.807) is 0 Å². The maximum atomic E-state index is 6.09. The maximum Gasteiger partial charge on any atom is 0.191 e. The van der Waals surface area contributed by atoms with Crippen molar-refractivity contribution in [1.82, 2.24) is 4.90 Å².